The van der Waals surface area contributed by atoms with Crippen LogP contribution >= 0.6 is 0 Å². The summed E-state index contributed by atoms with van der Waals surface area (Å²) in [5.74, 6) is 0.138. The van der Waals surface area contributed by atoms with Crippen molar-refractivity contribution < 1.29 is 9.53 Å². The Kier molecular flexibility index (Phi) is 3.87. The number of benzene rings is 1. The fourth-order valence-corrected chi connectivity index (χ4v) is 1.70. The SMILES string of the molecule is COC(C)(C)CC(=O)c1cc(C)cc(C)c1. The first-order valence-electron chi connectivity index (χ1n) is 5.51. The van der Waals surface area contributed by atoms with Gasteiger partial charge in [0, 0.05) is 19.1 Å². The van der Waals surface area contributed by atoms with Crippen molar-refractivity contribution in [2.24, 2.45) is 0 Å². The summed E-state index contributed by atoms with van der Waals surface area (Å²) in [6, 6.07) is 5.93. The molecule has 0 aliphatic heterocycles. The Hall–Kier alpha value is -1.15. The highest BCUT2D eigenvalue weighted by atomic mass is 16.5. The van der Waals surface area contributed by atoms with Gasteiger partial charge in [0.2, 0.25) is 0 Å². The minimum atomic E-state index is -0.394. The molecule has 0 aliphatic carbocycles. The Balaban J connectivity index is 2.89. The molecule has 0 spiro atoms. The molecule has 0 atom stereocenters. The van der Waals surface area contributed by atoms with Crippen LogP contribution < -0.4 is 0 Å². The average molecular weight is 220 g/mol. The van der Waals surface area contributed by atoms with Gasteiger partial charge in [-0.1, -0.05) is 17.2 Å². The summed E-state index contributed by atoms with van der Waals surface area (Å²) in [5, 5.41) is 0. The predicted molar refractivity (Wildman–Crippen MR) is 66.0 cm³/mol. The van der Waals surface area contributed by atoms with E-state index in [2.05, 4.69) is 6.07 Å². The van der Waals surface area contributed by atoms with Gasteiger partial charge < -0.3 is 4.74 Å². The summed E-state index contributed by atoms with van der Waals surface area (Å²) < 4.78 is 5.27. The van der Waals surface area contributed by atoms with Gasteiger partial charge in [0.25, 0.3) is 0 Å². The number of Topliss-reactive ketones (excluding diaryl/α,β-unsaturated/α-hetero) is 1. The van der Waals surface area contributed by atoms with E-state index in [4.69, 9.17) is 4.74 Å². The lowest BCUT2D eigenvalue weighted by atomic mass is 9.95. The van der Waals surface area contributed by atoms with E-state index < -0.39 is 5.60 Å². The molecule has 0 fully saturated rings. The van der Waals surface area contributed by atoms with Crippen LogP contribution in [-0.4, -0.2) is 18.5 Å². The van der Waals surface area contributed by atoms with Gasteiger partial charge in [-0.25, -0.2) is 0 Å². The van der Waals surface area contributed by atoms with E-state index in [1.165, 1.54) is 0 Å². The molecular formula is C14H20O2. The Morgan fingerprint density at radius 3 is 2.12 bits per heavy atom. The minimum absolute atomic E-state index is 0.138. The molecular weight excluding hydrogens is 200 g/mol. The van der Waals surface area contributed by atoms with Gasteiger partial charge in [0.1, 0.15) is 0 Å². The number of ketones is 1. The molecule has 1 aromatic carbocycles. The lowest BCUT2D eigenvalue weighted by Gasteiger charge is -2.21. The van der Waals surface area contributed by atoms with Crippen LogP contribution in [0.25, 0.3) is 0 Å². The Bertz CT molecular complexity index is 371. The summed E-state index contributed by atoms with van der Waals surface area (Å²) in [4.78, 5) is 12.0. The number of aryl methyl sites for hydroxylation is 2. The molecule has 0 saturated heterocycles. The van der Waals surface area contributed by atoms with Gasteiger partial charge in [0.15, 0.2) is 5.78 Å². The topological polar surface area (TPSA) is 26.3 Å². The zero-order valence-corrected chi connectivity index (χ0v) is 10.8. The Labute approximate surface area is 97.6 Å². The van der Waals surface area contributed by atoms with Crippen LogP contribution in [0.15, 0.2) is 18.2 Å². The van der Waals surface area contributed by atoms with E-state index in [0.717, 1.165) is 16.7 Å². The van der Waals surface area contributed by atoms with Gasteiger partial charge in [-0.05, 0) is 39.8 Å². The molecule has 2 nitrogen and oxygen atoms in total. The molecule has 0 N–H and O–H groups in total. The van der Waals surface area contributed by atoms with Crippen LogP contribution in [0.3, 0.4) is 0 Å². The minimum Gasteiger partial charge on any atom is -0.378 e. The van der Waals surface area contributed by atoms with Crippen LogP contribution in [0.1, 0.15) is 41.8 Å². The molecule has 0 unspecified atom stereocenters. The van der Waals surface area contributed by atoms with E-state index in [-0.39, 0.29) is 5.78 Å². The number of methoxy groups -OCH3 is 1. The van der Waals surface area contributed by atoms with E-state index in [9.17, 15) is 4.79 Å². The quantitative estimate of drug-likeness (QED) is 0.728. The molecule has 0 radical (unpaired) electrons. The molecule has 1 aromatic rings. The highest BCUT2D eigenvalue weighted by Gasteiger charge is 2.22. The van der Waals surface area contributed by atoms with Gasteiger partial charge in [-0.15, -0.1) is 0 Å². The Morgan fingerprint density at radius 1 is 1.19 bits per heavy atom. The first-order chi connectivity index (χ1) is 7.34. The molecule has 0 saturated carbocycles. The molecule has 0 heterocycles. The van der Waals surface area contributed by atoms with Crippen molar-refractivity contribution in [2.75, 3.05) is 7.11 Å². The first-order valence-corrected chi connectivity index (χ1v) is 5.51. The second-order valence-corrected chi connectivity index (χ2v) is 4.94. The lowest BCUT2D eigenvalue weighted by Crippen LogP contribution is -2.26. The van der Waals surface area contributed by atoms with Crippen LogP contribution in [-0.2, 0) is 4.74 Å². The summed E-state index contributed by atoms with van der Waals surface area (Å²) in [6.07, 6.45) is 0.409. The van der Waals surface area contributed by atoms with E-state index in [1.54, 1.807) is 7.11 Å². The van der Waals surface area contributed by atoms with Crippen molar-refractivity contribution in [3.05, 3.63) is 34.9 Å². The van der Waals surface area contributed by atoms with Crippen molar-refractivity contribution in [3.63, 3.8) is 0 Å². The highest BCUT2D eigenvalue weighted by molar-refractivity contribution is 5.97. The third-order valence-electron chi connectivity index (χ3n) is 2.68. The number of rotatable bonds is 4. The van der Waals surface area contributed by atoms with Crippen molar-refractivity contribution in [1.29, 1.82) is 0 Å². The zero-order valence-electron chi connectivity index (χ0n) is 10.8. The smallest absolute Gasteiger partial charge is 0.165 e. The van der Waals surface area contributed by atoms with Gasteiger partial charge >= 0.3 is 0 Å². The third-order valence-corrected chi connectivity index (χ3v) is 2.68. The average Bonchev–Trinajstić information content (AvgIpc) is 2.15. The maximum absolute atomic E-state index is 12.0. The van der Waals surface area contributed by atoms with Crippen molar-refractivity contribution in [1.82, 2.24) is 0 Å². The van der Waals surface area contributed by atoms with Crippen molar-refractivity contribution in [2.45, 2.75) is 39.7 Å². The predicted octanol–water partition coefficient (Wildman–Crippen LogP) is 3.30. The zero-order chi connectivity index (χ0) is 12.3. The van der Waals surface area contributed by atoms with Crippen LogP contribution in [0, 0.1) is 13.8 Å². The van der Waals surface area contributed by atoms with Crippen LogP contribution in [0.4, 0.5) is 0 Å². The summed E-state index contributed by atoms with van der Waals surface area (Å²) in [7, 11) is 1.63. The maximum atomic E-state index is 12.0. The fourth-order valence-electron chi connectivity index (χ4n) is 1.70. The van der Waals surface area contributed by atoms with Crippen molar-refractivity contribution in [3.8, 4) is 0 Å². The second-order valence-electron chi connectivity index (χ2n) is 4.94. The molecule has 2 heteroatoms. The summed E-state index contributed by atoms with van der Waals surface area (Å²) in [5.41, 5.74) is 2.63. The number of hydrogen-bond acceptors (Lipinski definition) is 2. The monoisotopic (exact) mass is 220 g/mol. The number of carbonyl (C=O) groups excluding carboxylic acids is 1. The summed E-state index contributed by atoms with van der Waals surface area (Å²) in [6.45, 7) is 7.86. The van der Waals surface area contributed by atoms with Gasteiger partial charge in [0.05, 0.1) is 5.60 Å². The van der Waals surface area contributed by atoms with E-state index >= 15 is 0 Å². The third kappa shape index (κ3) is 3.46. The molecule has 16 heavy (non-hydrogen) atoms. The lowest BCUT2D eigenvalue weighted by molar-refractivity contribution is 0.0172. The molecule has 0 amide bonds. The van der Waals surface area contributed by atoms with Gasteiger partial charge in [-0.2, -0.15) is 0 Å². The van der Waals surface area contributed by atoms with Crippen LogP contribution in [0.5, 0.6) is 0 Å². The fraction of sp³-hybridized carbons (Fsp3) is 0.500. The number of ether oxygens (including phenoxy) is 1. The second kappa shape index (κ2) is 4.79. The highest BCUT2D eigenvalue weighted by Crippen LogP contribution is 2.18. The molecule has 1 rings (SSSR count). The molecule has 0 bridgehead atoms. The normalized spacial score (nSPS) is 11.6. The van der Waals surface area contributed by atoms with E-state index in [1.807, 2.05) is 39.8 Å². The summed E-state index contributed by atoms with van der Waals surface area (Å²) >= 11 is 0. The standard InChI is InChI=1S/C14H20O2/c1-10-6-11(2)8-12(7-10)13(15)9-14(3,4)16-5/h6-8H,9H2,1-5H3. The molecule has 0 aliphatic rings. The first kappa shape index (κ1) is 12.9. The van der Waals surface area contributed by atoms with Gasteiger partial charge in [-0.3, -0.25) is 4.79 Å². The van der Waals surface area contributed by atoms with E-state index in [0.29, 0.717) is 6.42 Å². The Morgan fingerprint density at radius 2 is 1.69 bits per heavy atom. The van der Waals surface area contributed by atoms with Crippen molar-refractivity contribution >= 4 is 5.78 Å². The number of hydrogen-bond donors (Lipinski definition) is 0. The molecule has 88 valence electrons. The largest absolute Gasteiger partial charge is 0.378 e. The van der Waals surface area contributed by atoms with Crippen LogP contribution in [0.2, 0.25) is 0 Å². The number of carbonyl (C=O) groups is 1. The molecule has 0 aromatic heterocycles. The maximum Gasteiger partial charge on any atom is 0.165 e.